The minimum atomic E-state index is 0.361. The summed E-state index contributed by atoms with van der Waals surface area (Å²) in [5.74, 6) is 5.77. The van der Waals surface area contributed by atoms with Crippen molar-refractivity contribution >= 4 is 7.85 Å². The van der Waals surface area contributed by atoms with Crippen LogP contribution in [0.3, 0.4) is 0 Å². The molecule has 0 N–H and O–H groups in total. The van der Waals surface area contributed by atoms with Crippen LogP contribution in [-0.2, 0) is 0 Å². The SMILES string of the molecule is [B]C(C)CCC(C)C(C)CCC(C)C(C)CCC(C)C1CCCCC1. The summed E-state index contributed by atoms with van der Waals surface area (Å²) < 4.78 is 0. The first-order chi connectivity index (χ1) is 11.8. The molecule has 1 aliphatic carbocycles. The third-order valence-corrected chi connectivity index (χ3v) is 7.63. The Labute approximate surface area is 161 Å². The first-order valence-electron chi connectivity index (χ1n) is 11.6. The summed E-state index contributed by atoms with van der Waals surface area (Å²) >= 11 is 0. The molecule has 1 rings (SSSR count). The largest absolute Gasteiger partial charge is 0.0802 e. The molecule has 0 saturated heterocycles. The van der Waals surface area contributed by atoms with Gasteiger partial charge in [-0.25, -0.2) is 0 Å². The average molecular weight is 346 g/mol. The van der Waals surface area contributed by atoms with E-state index in [-0.39, 0.29) is 0 Å². The highest BCUT2D eigenvalue weighted by Crippen LogP contribution is 2.34. The molecule has 1 saturated carbocycles. The third-order valence-electron chi connectivity index (χ3n) is 7.63. The second-order valence-electron chi connectivity index (χ2n) is 9.99. The molecule has 0 nitrogen and oxygen atoms in total. The summed E-state index contributed by atoms with van der Waals surface area (Å²) in [6.07, 6.45) is 15.6. The summed E-state index contributed by atoms with van der Waals surface area (Å²) in [5, 5.41) is 0. The summed E-state index contributed by atoms with van der Waals surface area (Å²) in [6.45, 7) is 14.5. The van der Waals surface area contributed by atoms with Crippen LogP contribution in [0.5, 0.6) is 0 Å². The molecule has 2 radical (unpaired) electrons. The van der Waals surface area contributed by atoms with Crippen LogP contribution in [-0.4, -0.2) is 7.85 Å². The Morgan fingerprint density at radius 1 is 0.600 bits per heavy atom. The van der Waals surface area contributed by atoms with Gasteiger partial charge in [-0.3, -0.25) is 0 Å². The van der Waals surface area contributed by atoms with E-state index in [1.54, 1.807) is 0 Å². The summed E-state index contributed by atoms with van der Waals surface area (Å²) in [5.41, 5.74) is 0. The molecule has 0 spiro atoms. The molecule has 1 heteroatoms. The number of hydrogen-bond donors (Lipinski definition) is 0. The molecule has 1 fully saturated rings. The first kappa shape index (κ1) is 23.1. The van der Waals surface area contributed by atoms with E-state index in [4.69, 9.17) is 7.85 Å². The summed E-state index contributed by atoms with van der Waals surface area (Å²) in [6, 6.07) is 0. The van der Waals surface area contributed by atoms with Crippen molar-refractivity contribution < 1.29 is 0 Å². The number of hydrogen-bond acceptors (Lipinski definition) is 0. The van der Waals surface area contributed by atoms with Gasteiger partial charge in [0.15, 0.2) is 0 Å². The Hall–Kier alpha value is 0.0649. The van der Waals surface area contributed by atoms with Crippen LogP contribution in [0.1, 0.15) is 112 Å². The molecular formula is C24H47B. The highest BCUT2D eigenvalue weighted by molar-refractivity contribution is 6.11. The second-order valence-corrected chi connectivity index (χ2v) is 9.99. The summed E-state index contributed by atoms with van der Waals surface area (Å²) in [7, 11) is 5.91. The first-order valence-corrected chi connectivity index (χ1v) is 11.6. The van der Waals surface area contributed by atoms with Gasteiger partial charge in [-0.05, 0) is 35.5 Å². The highest BCUT2D eigenvalue weighted by Gasteiger charge is 2.22. The Kier molecular flexibility index (Phi) is 11.5. The Morgan fingerprint density at radius 3 is 1.44 bits per heavy atom. The van der Waals surface area contributed by atoms with Gasteiger partial charge in [0, 0.05) is 0 Å². The van der Waals surface area contributed by atoms with Crippen LogP contribution in [0.25, 0.3) is 0 Å². The van der Waals surface area contributed by atoms with Crippen molar-refractivity contribution in [1.82, 2.24) is 0 Å². The molecule has 0 amide bonds. The fraction of sp³-hybridized carbons (Fsp3) is 1.00. The predicted molar refractivity (Wildman–Crippen MR) is 115 cm³/mol. The molecule has 1 aliphatic rings. The molecular weight excluding hydrogens is 299 g/mol. The van der Waals surface area contributed by atoms with Gasteiger partial charge in [-0.1, -0.05) is 118 Å². The third kappa shape index (κ3) is 9.53. The Bertz CT molecular complexity index is 318. The monoisotopic (exact) mass is 346 g/mol. The maximum absolute atomic E-state index is 5.91. The van der Waals surface area contributed by atoms with E-state index < -0.39 is 0 Å². The van der Waals surface area contributed by atoms with Crippen molar-refractivity contribution in [2.45, 2.75) is 118 Å². The molecule has 0 aromatic rings. The lowest BCUT2D eigenvalue weighted by Crippen LogP contribution is -2.18. The van der Waals surface area contributed by atoms with Gasteiger partial charge in [-0.15, -0.1) is 0 Å². The van der Waals surface area contributed by atoms with Crippen molar-refractivity contribution in [2.24, 2.45) is 35.5 Å². The quantitative estimate of drug-likeness (QED) is 0.313. The zero-order valence-electron chi connectivity index (χ0n) is 18.4. The molecule has 6 atom stereocenters. The zero-order chi connectivity index (χ0) is 18.8. The maximum atomic E-state index is 5.91. The lowest BCUT2D eigenvalue weighted by Gasteiger charge is -2.30. The fourth-order valence-corrected chi connectivity index (χ4v) is 4.65. The van der Waals surface area contributed by atoms with Crippen LogP contribution >= 0.6 is 0 Å². The minimum absolute atomic E-state index is 0.361. The fourth-order valence-electron chi connectivity index (χ4n) is 4.65. The van der Waals surface area contributed by atoms with Crippen LogP contribution in [0.2, 0.25) is 5.82 Å². The zero-order valence-corrected chi connectivity index (χ0v) is 18.4. The Morgan fingerprint density at radius 2 is 1.00 bits per heavy atom. The molecule has 0 heterocycles. The van der Waals surface area contributed by atoms with Crippen molar-refractivity contribution in [3.8, 4) is 0 Å². The lowest BCUT2D eigenvalue weighted by atomic mass is 9.76. The smallest absolute Gasteiger partial charge is 0.0695 e. The van der Waals surface area contributed by atoms with Gasteiger partial charge in [0.25, 0.3) is 0 Å². The van der Waals surface area contributed by atoms with E-state index in [0.29, 0.717) is 5.82 Å². The van der Waals surface area contributed by atoms with E-state index in [1.165, 1.54) is 70.6 Å². The van der Waals surface area contributed by atoms with Crippen molar-refractivity contribution in [3.63, 3.8) is 0 Å². The maximum Gasteiger partial charge on any atom is 0.0695 e. The normalized spacial score (nSPS) is 23.6. The van der Waals surface area contributed by atoms with Gasteiger partial charge in [0.2, 0.25) is 0 Å². The van der Waals surface area contributed by atoms with Gasteiger partial charge in [0.1, 0.15) is 0 Å². The van der Waals surface area contributed by atoms with Crippen molar-refractivity contribution in [3.05, 3.63) is 0 Å². The van der Waals surface area contributed by atoms with E-state index in [0.717, 1.165) is 35.5 Å². The van der Waals surface area contributed by atoms with Crippen LogP contribution in [0, 0.1) is 35.5 Å². The van der Waals surface area contributed by atoms with Gasteiger partial charge in [-0.2, -0.15) is 0 Å². The molecule has 25 heavy (non-hydrogen) atoms. The van der Waals surface area contributed by atoms with Gasteiger partial charge >= 0.3 is 0 Å². The molecule has 6 unspecified atom stereocenters. The van der Waals surface area contributed by atoms with Gasteiger partial charge in [0.05, 0.1) is 7.85 Å². The standard InChI is InChI=1S/C24H47B/c1-18(12-13-19(2)21(4)16-17-23(6)25)20(3)14-15-22(5)24-10-8-7-9-11-24/h18-24H,7-17H2,1-6H3. The van der Waals surface area contributed by atoms with Crippen molar-refractivity contribution in [1.29, 1.82) is 0 Å². The molecule has 0 aromatic carbocycles. The Balaban J connectivity index is 2.20. The average Bonchev–Trinajstić information content (AvgIpc) is 2.61. The lowest BCUT2D eigenvalue weighted by molar-refractivity contribution is 0.220. The molecule has 0 aliphatic heterocycles. The highest BCUT2D eigenvalue weighted by atomic mass is 14.3. The van der Waals surface area contributed by atoms with Crippen LogP contribution in [0.4, 0.5) is 0 Å². The molecule has 0 bridgehead atoms. The van der Waals surface area contributed by atoms with E-state index >= 15 is 0 Å². The second kappa shape index (κ2) is 12.5. The molecule has 0 aromatic heterocycles. The minimum Gasteiger partial charge on any atom is -0.0802 e. The van der Waals surface area contributed by atoms with Gasteiger partial charge < -0.3 is 0 Å². The van der Waals surface area contributed by atoms with E-state index in [2.05, 4.69) is 41.5 Å². The number of rotatable bonds is 12. The molecule has 146 valence electrons. The summed E-state index contributed by atoms with van der Waals surface area (Å²) in [4.78, 5) is 0. The topological polar surface area (TPSA) is 0 Å². The van der Waals surface area contributed by atoms with Crippen LogP contribution < -0.4 is 0 Å². The van der Waals surface area contributed by atoms with Crippen LogP contribution in [0.15, 0.2) is 0 Å². The van der Waals surface area contributed by atoms with E-state index in [1.807, 2.05) is 0 Å². The predicted octanol–water partition coefficient (Wildman–Crippen LogP) is 8.06. The van der Waals surface area contributed by atoms with E-state index in [9.17, 15) is 0 Å². The van der Waals surface area contributed by atoms with Crippen molar-refractivity contribution in [2.75, 3.05) is 0 Å².